The van der Waals surface area contributed by atoms with Crippen molar-refractivity contribution in [3.8, 4) is 22.4 Å². The van der Waals surface area contributed by atoms with Gasteiger partial charge in [0, 0.05) is 47.6 Å². The average Bonchev–Trinajstić information content (AvgIpc) is 3.21. The molecule has 1 aliphatic heterocycles. The van der Waals surface area contributed by atoms with E-state index in [4.69, 9.17) is 5.10 Å². The van der Waals surface area contributed by atoms with Crippen LogP contribution in [0.25, 0.3) is 22.4 Å². The number of nitrogens with zero attached hydrogens (tertiary/aromatic N) is 3. The minimum Gasteiger partial charge on any atom is -0.308 e. The van der Waals surface area contributed by atoms with E-state index in [1.54, 1.807) is 30.2 Å². The predicted molar refractivity (Wildman–Crippen MR) is 125 cm³/mol. The number of thioether (sulfide) groups is 1. The van der Waals surface area contributed by atoms with Crippen molar-refractivity contribution in [2.75, 3.05) is 16.4 Å². The Bertz CT molecular complexity index is 1330. The number of fused-ring (bicyclic) bond motifs is 1. The quantitative estimate of drug-likeness (QED) is 0.388. The highest BCUT2D eigenvalue weighted by atomic mass is 32.2. The Kier molecular flexibility index (Phi) is 5.78. The molecule has 0 fully saturated rings. The van der Waals surface area contributed by atoms with E-state index in [9.17, 15) is 13.6 Å². The number of hydrogen-bond acceptors (Lipinski definition) is 4. The Morgan fingerprint density at radius 1 is 1.00 bits per heavy atom. The van der Waals surface area contributed by atoms with Gasteiger partial charge in [-0.15, -0.1) is 11.8 Å². The molecule has 1 aliphatic rings. The van der Waals surface area contributed by atoms with Crippen molar-refractivity contribution in [3.05, 3.63) is 78.6 Å². The average molecular weight is 464 g/mol. The first-order valence-corrected chi connectivity index (χ1v) is 11.3. The molecule has 9 heteroatoms. The second kappa shape index (κ2) is 9.03. The minimum absolute atomic E-state index is 0.108. The van der Waals surface area contributed by atoms with Crippen LogP contribution in [0, 0.1) is 11.6 Å². The maximum Gasteiger partial charge on any atom is 0.323 e. The number of halogens is 2. The van der Waals surface area contributed by atoms with Crippen molar-refractivity contribution >= 4 is 29.2 Å². The van der Waals surface area contributed by atoms with E-state index >= 15 is 0 Å². The van der Waals surface area contributed by atoms with Crippen LogP contribution in [0.4, 0.5) is 25.0 Å². The lowest BCUT2D eigenvalue weighted by molar-refractivity contribution is 0.262. The van der Waals surface area contributed by atoms with Crippen molar-refractivity contribution in [1.82, 2.24) is 14.8 Å². The third kappa shape index (κ3) is 4.45. The number of anilines is 2. The monoisotopic (exact) mass is 463 g/mol. The lowest BCUT2D eigenvalue weighted by Gasteiger charge is -2.14. The van der Waals surface area contributed by atoms with Gasteiger partial charge in [-0.25, -0.2) is 13.6 Å². The van der Waals surface area contributed by atoms with Gasteiger partial charge >= 0.3 is 6.03 Å². The molecule has 0 atom stereocenters. The van der Waals surface area contributed by atoms with Gasteiger partial charge in [-0.3, -0.25) is 9.67 Å². The summed E-state index contributed by atoms with van der Waals surface area (Å²) in [5.41, 5.74) is 4.14. The Balaban J connectivity index is 1.45. The second-order valence-corrected chi connectivity index (χ2v) is 8.56. The zero-order valence-electron chi connectivity index (χ0n) is 17.4. The standard InChI is InChI=1S/C24H19F2N5OS/c25-17-5-6-20(19(26)14-17)29-24(32)28-18-4-1-3-16(13-18)22-21(15-7-9-27-10-8-15)23-31(30-22)11-2-12-33-23/h1,3-10,13-14H,2,11-12H2,(H2,28,29,32). The molecule has 2 N–H and O–H groups in total. The number of amides is 2. The number of urea groups is 1. The molecule has 6 nitrogen and oxygen atoms in total. The number of nitrogens with one attached hydrogen (secondary N) is 2. The maximum absolute atomic E-state index is 13.9. The van der Waals surface area contributed by atoms with E-state index in [1.807, 2.05) is 35.0 Å². The third-order valence-corrected chi connectivity index (χ3v) is 6.38. The number of carbonyl (C=O) groups is 1. The molecule has 2 aromatic carbocycles. The van der Waals surface area contributed by atoms with Gasteiger partial charge in [0.25, 0.3) is 0 Å². The van der Waals surface area contributed by atoms with Gasteiger partial charge in [-0.2, -0.15) is 5.10 Å². The van der Waals surface area contributed by atoms with Crippen LogP contribution in [-0.4, -0.2) is 26.5 Å². The number of carbonyl (C=O) groups excluding carboxylic acids is 1. The summed E-state index contributed by atoms with van der Waals surface area (Å²) >= 11 is 1.78. The van der Waals surface area contributed by atoms with E-state index in [1.165, 1.54) is 6.07 Å². The van der Waals surface area contributed by atoms with E-state index in [0.717, 1.165) is 58.3 Å². The smallest absolute Gasteiger partial charge is 0.308 e. The normalized spacial score (nSPS) is 12.8. The van der Waals surface area contributed by atoms with Gasteiger partial charge in [-0.05, 0) is 48.4 Å². The number of rotatable bonds is 4. The largest absolute Gasteiger partial charge is 0.323 e. The molecular formula is C24H19F2N5OS. The molecule has 0 radical (unpaired) electrons. The summed E-state index contributed by atoms with van der Waals surface area (Å²) in [5.74, 6) is -0.524. The van der Waals surface area contributed by atoms with Crippen LogP contribution in [0.2, 0.25) is 0 Å². The number of aromatic nitrogens is 3. The molecule has 0 unspecified atom stereocenters. The zero-order chi connectivity index (χ0) is 22.8. The van der Waals surface area contributed by atoms with Crippen LogP contribution in [-0.2, 0) is 6.54 Å². The molecule has 3 heterocycles. The Hall–Kier alpha value is -3.72. The molecule has 166 valence electrons. The first-order valence-electron chi connectivity index (χ1n) is 10.4. The fraction of sp³-hybridized carbons (Fsp3) is 0.125. The second-order valence-electron chi connectivity index (χ2n) is 7.47. The molecular weight excluding hydrogens is 444 g/mol. The molecule has 0 saturated heterocycles. The molecule has 5 rings (SSSR count). The van der Waals surface area contributed by atoms with Crippen molar-refractivity contribution in [3.63, 3.8) is 0 Å². The first kappa shape index (κ1) is 21.1. The summed E-state index contributed by atoms with van der Waals surface area (Å²) in [5, 5.41) is 11.1. The molecule has 2 aromatic heterocycles. The number of pyridine rings is 1. The van der Waals surface area contributed by atoms with Crippen LogP contribution in [0.15, 0.2) is 72.0 Å². The Morgan fingerprint density at radius 3 is 2.67 bits per heavy atom. The Labute approximate surface area is 193 Å². The van der Waals surface area contributed by atoms with Gasteiger partial charge in [-0.1, -0.05) is 12.1 Å². The van der Waals surface area contributed by atoms with Crippen molar-refractivity contribution in [2.24, 2.45) is 0 Å². The van der Waals surface area contributed by atoms with E-state index in [-0.39, 0.29) is 5.69 Å². The topological polar surface area (TPSA) is 71.8 Å². The van der Waals surface area contributed by atoms with Crippen LogP contribution >= 0.6 is 11.8 Å². The van der Waals surface area contributed by atoms with Crippen molar-refractivity contribution in [1.29, 1.82) is 0 Å². The van der Waals surface area contributed by atoms with Gasteiger partial charge in [0.15, 0.2) is 0 Å². The highest BCUT2D eigenvalue weighted by Gasteiger charge is 2.23. The van der Waals surface area contributed by atoms with Crippen LogP contribution < -0.4 is 10.6 Å². The minimum atomic E-state index is -0.845. The highest BCUT2D eigenvalue weighted by molar-refractivity contribution is 7.99. The molecule has 0 bridgehead atoms. The third-order valence-electron chi connectivity index (χ3n) is 5.20. The number of benzene rings is 2. The Morgan fingerprint density at radius 2 is 1.85 bits per heavy atom. The van der Waals surface area contributed by atoms with Crippen molar-refractivity contribution in [2.45, 2.75) is 18.0 Å². The zero-order valence-corrected chi connectivity index (χ0v) is 18.2. The summed E-state index contributed by atoms with van der Waals surface area (Å²) in [7, 11) is 0. The van der Waals surface area contributed by atoms with Crippen LogP contribution in [0.3, 0.4) is 0 Å². The number of aryl methyl sites for hydroxylation is 1. The highest BCUT2D eigenvalue weighted by Crippen LogP contribution is 2.41. The fourth-order valence-electron chi connectivity index (χ4n) is 3.73. The molecule has 0 saturated carbocycles. The lowest BCUT2D eigenvalue weighted by Crippen LogP contribution is -2.20. The van der Waals surface area contributed by atoms with Gasteiger partial charge in [0.05, 0.1) is 5.69 Å². The van der Waals surface area contributed by atoms with Gasteiger partial charge in [0.1, 0.15) is 22.4 Å². The van der Waals surface area contributed by atoms with E-state index in [0.29, 0.717) is 5.69 Å². The fourth-order valence-corrected chi connectivity index (χ4v) is 4.84. The SMILES string of the molecule is O=C(Nc1cccc(-c2nn3c(c2-c2ccncc2)SCCC3)c1)Nc1ccc(F)cc1F. The number of hydrogen-bond donors (Lipinski definition) is 2. The predicted octanol–water partition coefficient (Wildman–Crippen LogP) is 6.03. The summed E-state index contributed by atoms with van der Waals surface area (Å²) in [6.07, 6.45) is 4.57. The molecule has 0 aliphatic carbocycles. The summed E-state index contributed by atoms with van der Waals surface area (Å²) in [6.45, 7) is 0.851. The van der Waals surface area contributed by atoms with Crippen LogP contribution in [0.5, 0.6) is 0 Å². The lowest BCUT2D eigenvalue weighted by atomic mass is 10.0. The maximum atomic E-state index is 13.9. The molecule has 2 amide bonds. The molecule has 0 spiro atoms. The van der Waals surface area contributed by atoms with E-state index in [2.05, 4.69) is 15.6 Å². The van der Waals surface area contributed by atoms with Crippen LogP contribution in [0.1, 0.15) is 6.42 Å². The van der Waals surface area contributed by atoms with Gasteiger partial charge < -0.3 is 10.6 Å². The van der Waals surface area contributed by atoms with E-state index < -0.39 is 17.7 Å². The summed E-state index contributed by atoms with van der Waals surface area (Å²) in [6, 6.07) is 13.6. The molecule has 33 heavy (non-hydrogen) atoms. The summed E-state index contributed by atoms with van der Waals surface area (Å²) < 4.78 is 29.0. The molecule has 4 aromatic rings. The first-order chi connectivity index (χ1) is 16.1. The van der Waals surface area contributed by atoms with Crippen molar-refractivity contribution < 1.29 is 13.6 Å². The summed E-state index contributed by atoms with van der Waals surface area (Å²) in [4.78, 5) is 16.5. The van der Waals surface area contributed by atoms with Gasteiger partial charge in [0.2, 0.25) is 0 Å².